The van der Waals surface area contributed by atoms with Crippen LogP contribution in [0.3, 0.4) is 0 Å². The van der Waals surface area contributed by atoms with Gasteiger partial charge >= 0.3 is 11.7 Å². The van der Waals surface area contributed by atoms with Crippen molar-refractivity contribution in [1.82, 2.24) is 0 Å². The molecule has 1 heterocycles. The standard InChI is InChI=1S/C15H11F3N2O4/c1-8(24-15(22)11-4-2-3-7-20(11)23)14(21)19-10-6-5-9(16)12(17)13(10)18/h2-8H,1H3,(H,19,21)/t8-/m0/s1. The number of nitrogens with zero attached hydrogens (tertiary/aromatic N) is 1. The van der Waals surface area contributed by atoms with E-state index >= 15 is 0 Å². The monoisotopic (exact) mass is 340 g/mol. The molecule has 126 valence electrons. The van der Waals surface area contributed by atoms with Gasteiger partial charge in [0.2, 0.25) is 0 Å². The number of rotatable bonds is 4. The highest BCUT2D eigenvalue weighted by Gasteiger charge is 2.25. The molecule has 9 heteroatoms. The Bertz CT molecular complexity index is 798. The van der Waals surface area contributed by atoms with Crippen LogP contribution in [0.15, 0.2) is 36.5 Å². The number of halogens is 3. The summed E-state index contributed by atoms with van der Waals surface area (Å²) in [5, 5.41) is 13.4. The SMILES string of the molecule is C[C@H](OC(=O)c1cccc[n+]1[O-])C(=O)Nc1ccc(F)c(F)c1F. The van der Waals surface area contributed by atoms with Gasteiger partial charge in [-0.15, -0.1) is 0 Å². The first-order chi connectivity index (χ1) is 11.3. The molecule has 0 spiro atoms. The topological polar surface area (TPSA) is 82.3 Å². The van der Waals surface area contributed by atoms with E-state index in [1.165, 1.54) is 25.1 Å². The Morgan fingerprint density at radius 2 is 1.88 bits per heavy atom. The quantitative estimate of drug-likeness (QED) is 0.399. The van der Waals surface area contributed by atoms with E-state index in [1.54, 1.807) is 0 Å². The summed E-state index contributed by atoms with van der Waals surface area (Å²) in [5.74, 6) is -6.79. The smallest absolute Gasteiger partial charge is 0.405 e. The summed E-state index contributed by atoms with van der Waals surface area (Å²) in [6.45, 7) is 1.17. The molecule has 6 nitrogen and oxygen atoms in total. The van der Waals surface area contributed by atoms with Crippen LogP contribution in [-0.4, -0.2) is 18.0 Å². The Morgan fingerprint density at radius 3 is 2.54 bits per heavy atom. The molecule has 0 saturated heterocycles. The molecule has 0 saturated carbocycles. The van der Waals surface area contributed by atoms with Gasteiger partial charge in [0.25, 0.3) is 5.91 Å². The Labute approximate surface area is 134 Å². The predicted octanol–water partition coefficient (Wildman–Crippen LogP) is 1.92. The lowest BCUT2D eigenvalue weighted by Crippen LogP contribution is -2.37. The fraction of sp³-hybridized carbons (Fsp3) is 0.133. The van der Waals surface area contributed by atoms with E-state index in [1.807, 2.05) is 5.32 Å². The average Bonchev–Trinajstić information content (AvgIpc) is 2.55. The van der Waals surface area contributed by atoms with Crippen LogP contribution in [0.4, 0.5) is 18.9 Å². The molecule has 0 aliphatic carbocycles. The second-order valence-corrected chi connectivity index (χ2v) is 4.67. The van der Waals surface area contributed by atoms with Crippen LogP contribution in [0.5, 0.6) is 0 Å². The Morgan fingerprint density at radius 1 is 1.17 bits per heavy atom. The molecular weight excluding hydrogens is 329 g/mol. The molecule has 1 atom stereocenters. The lowest BCUT2D eigenvalue weighted by molar-refractivity contribution is -0.608. The number of pyridine rings is 1. The molecule has 1 aromatic heterocycles. The van der Waals surface area contributed by atoms with Crippen molar-refractivity contribution in [2.75, 3.05) is 5.32 Å². The normalized spacial score (nSPS) is 11.7. The van der Waals surface area contributed by atoms with E-state index < -0.39 is 41.1 Å². The zero-order valence-corrected chi connectivity index (χ0v) is 12.3. The number of benzene rings is 1. The molecule has 0 radical (unpaired) electrons. The van der Waals surface area contributed by atoms with Crippen LogP contribution >= 0.6 is 0 Å². The van der Waals surface area contributed by atoms with E-state index in [2.05, 4.69) is 0 Å². The Kier molecular flexibility index (Phi) is 5.02. The summed E-state index contributed by atoms with van der Waals surface area (Å²) in [6.07, 6.45) is -0.344. The highest BCUT2D eigenvalue weighted by molar-refractivity contribution is 5.96. The number of carbonyl (C=O) groups excluding carboxylic acids is 2. The second-order valence-electron chi connectivity index (χ2n) is 4.67. The van der Waals surface area contributed by atoms with E-state index in [-0.39, 0.29) is 10.4 Å². The third kappa shape index (κ3) is 3.62. The van der Waals surface area contributed by atoms with Crippen molar-refractivity contribution in [2.45, 2.75) is 13.0 Å². The van der Waals surface area contributed by atoms with Crippen molar-refractivity contribution in [2.24, 2.45) is 0 Å². The molecule has 24 heavy (non-hydrogen) atoms. The molecule has 1 aromatic carbocycles. The first kappa shape index (κ1) is 17.3. The van der Waals surface area contributed by atoms with Gasteiger partial charge in [0.15, 0.2) is 29.8 Å². The van der Waals surface area contributed by atoms with E-state index in [0.717, 1.165) is 12.3 Å². The lowest BCUT2D eigenvalue weighted by Gasteiger charge is -2.13. The number of nitrogens with one attached hydrogen (secondary N) is 1. The van der Waals surface area contributed by atoms with Gasteiger partial charge in [-0.1, -0.05) is 0 Å². The molecule has 0 bridgehead atoms. The fourth-order valence-electron chi connectivity index (χ4n) is 1.72. The van der Waals surface area contributed by atoms with Crippen molar-refractivity contribution in [3.63, 3.8) is 0 Å². The number of amides is 1. The van der Waals surface area contributed by atoms with Crippen LogP contribution in [0, 0.1) is 22.7 Å². The molecule has 2 aromatic rings. The van der Waals surface area contributed by atoms with Gasteiger partial charge in [0, 0.05) is 12.1 Å². The summed E-state index contributed by atoms with van der Waals surface area (Å²) >= 11 is 0. The fourth-order valence-corrected chi connectivity index (χ4v) is 1.72. The molecule has 0 aliphatic heterocycles. The molecule has 0 fully saturated rings. The minimum absolute atomic E-state index is 0.252. The van der Waals surface area contributed by atoms with Crippen molar-refractivity contribution in [3.05, 3.63) is 64.9 Å². The Balaban J connectivity index is 2.07. The molecular formula is C15H11F3N2O4. The Hall–Kier alpha value is -3.10. The van der Waals surface area contributed by atoms with Gasteiger partial charge in [-0.3, -0.25) is 4.79 Å². The number of ether oxygens (including phenoxy) is 1. The van der Waals surface area contributed by atoms with Crippen molar-refractivity contribution < 1.29 is 32.2 Å². The van der Waals surface area contributed by atoms with Crippen LogP contribution in [0.2, 0.25) is 0 Å². The maximum atomic E-state index is 13.5. The number of aromatic nitrogens is 1. The molecule has 1 amide bonds. The number of hydrogen-bond donors (Lipinski definition) is 1. The minimum Gasteiger partial charge on any atom is -0.618 e. The van der Waals surface area contributed by atoms with Crippen LogP contribution < -0.4 is 10.0 Å². The van der Waals surface area contributed by atoms with Crippen LogP contribution in [-0.2, 0) is 9.53 Å². The zero-order chi connectivity index (χ0) is 17.9. The molecule has 0 unspecified atom stereocenters. The molecule has 1 N–H and O–H groups in total. The minimum atomic E-state index is -1.74. The molecule has 2 rings (SSSR count). The van der Waals surface area contributed by atoms with Crippen molar-refractivity contribution in [3.8, 4) is 0 Å². The number of hydrogen-bond acceptors (Lipinski definition) is 4. The maximum Gasteiger partial charge on any atom is 0.405 e. The van der Waals surface area contributed by atoms with Crippen LogP contribution in [0.25, 0.3) is 0 Å². The summed E-state index contributed by atoms with van der Waals surface area (Å²) < 4.78 is 44.4. The van der Waals surface area contributed by atoms with E-state index in [4.69, 9.17) is 4.74 Å². The van der Waals surface area contributed by atoms with Gasteiger partial charge in [0.1, 0.15) is 0 Å². The number of carbonyl (C=O) groups is 2. The predicted molar refractivity (Wildman–Crippen MR) is 75.2 cm³/mol. The first-order valence-electron chi connectivity index (χ1n) is 6.64. The third-order valence-corrected chi connectivity index (χ3v) is 2.98. The van der Waals surface area contributed by atoms with E-state index in [0.29, 0.717) is 6.07 Å². The highest BCUT2D eigenvalue weighted by atomic mass is 19.2. The van der Waals surface area contributed by atoms with Gasteiger partial charge in [-0.25, -0.2) is 18.0 Å². The van der Waals surface area contributed by atoms with Crippen molar-refractivity contribution >= 4 is 17.6 Å². The zero-order valence-electron chi connectivity index (χ0n) is 12.3. The summed E-state index contributed by atoms with van der Waals surface area (Å²) in [5.41, 5.74) is -0.962. The highest BCUT2D eigenvalue weighted by Crippen LogP contribution is 2.20. The molecule has 0 aliphatic rings. The summed E-state index contributed by atoms with van der Waals surface area (Å²) in [7, 11) is 0. The number of esters is 1. The second kappa shape index (κ2) is 6.99. The van der Waals surface area contributed by atoms with Crippen molar-refractivity contribution in [1.29, 1.82) is 0 Å². The maximum absolute atomic E-state index is 13.5. The largest absolute Gasteiger partial charge is 0.618 e. The summed E-state index contributed by atoms with van der Waals surface area (Å²) in [6, 6.07) is 5.46. The third-order valence-electron chi connectivity index (χ3n) is 2.98. The number of anilines is 1. The first-order valence-corrected chi connectivity index (χ1v) is 6.64. The van der Waals surface area contributed by atoms with Gasteiger partial charge < -0.3 is 15.3 Å². The van der Waals surface area contributed by atoms with Crippen LogP contribution in [0.1, 0.15) is 17.4 Å². The summed E-state index contributed by atoms with van der Waals surface area (Å²) in [4.78, 5) is 23.6. The van der Waals surface area contributed by atoms with E-state index in [9.17, 15) is 28.0 Å². The van der Waals surface area contributed by atoms with Gasteiger partial charge in [-0.05, 0) is 25.1 Å². The lowest BCUT2D eigenvalue weighted by atomic mass is 10.2. The van der Waals surface area contributed by atoms with Gasteiger partial charge in [-0.2, -0.15) is 4.73 Å². The van der Waals surface area contributed by atoms with Gasteiger partial charge in [0.05, 0.1) is 5.69 Å². The average molecular weight is 340 g/mol.